The second-order valence-electron chi connectivity index (χ2n) is 5.89. The molecule has 2 unspecified atom stereocenters. The Morgan fingerprint density at radius 1 is 1.26 bits per heavy atom. The highest BCUT2D eigenvalue weighted by Gasteiger charge is 2.33. The number of amides is 1. The molecule has 23 heavy (non-hydrogen) atoms. The molecule has 2 atom stereocenters. The fourth-order valence-electron chi connectivity index (χ4n) is 2.87. The van der Waals surface area contributed by atoms with E-state index in [4.69, 9.17) is 9.47 Å². The number of hydrogen-bond acceptors (Lipinski definition) is 5. The van der Waals surface area contributed by atoms with Crippen LogP contribution >= 0.6 is 0 Å². The number of nitrogens with one attached hydrogen (secondary N) is 1. The summed E-state index contributed by atoms with van der Waals surface area (Å²) in [5.74, 6) is 0.591. The summed E-state index contributed by atoms with van der Waals surface area (Å²) in [5.41, 5.74) is 1.88. The summed E-state index contributed by atoms with van der Waals surface area (Å²) in [6.45, 7) is 3.80. The average Bonchev–Trinajstić information content (AvgIpc) is 2.86. The van der Waals surface area contributed by atoms with Crippen LogP contribution < -0.4 is 14.8 Å². The first-order chi connectivity index (χ1) is 10.8. The van der Waals surface area contributed by atoms with Crippen molar-refractivity contribution in [1.82, 2.24) is 5.32 Å². The first-order valence-corrected chi connectivity index (χ1v) is 9.33. The fourth-order valence-corrected chi connectivity index (χ4v) is 4.62. The third-order valence-corrected chi connectivity index (χ3v) is 5.97. The summed E-state index contributed by atoms with van der Waals surface area (Å²) in [6, 6.07) is 3.45. The van der Waals surface area contributed by atoms with Crippen LogP contribution in [0.2, 0.25) is 0 Å². The van der Waals surface area contributed by atoms with E-state index in [-0.39, 0.29) is 23.5 Å². The predicted octanol–water partition coefficient (Wildman–Crippen LogP) is 1.62. The van der Waals surface area contributed by atoms with Crippen LogP contribution in [0.5, 0.6) is 11.5 Å². The predicted molar refractivity (Wildman–Crippen MR) is 87.6 cm³/mol. The molecule has 0 aromatic heterocycles. The van der Waals surface area contributed by atoms with Crippen molar-refractivity contribution in [2.45, 2.75) is 26.3 Å². The van der Waals surface area contributed by atoms with Gasteiger partial charge < -0.3 is 14.8 Å². The summed E-state index contributed by atoms with van der Waals surface area (Å²) in [7, 11) is 0.0651. The van der Waals surface area contributed by atoms with E-state index in [2.05, 4.69) is 5.32 Å². The van der Waals surface area contributed by atoms with E-state index in [1.54, 1.807) is 14.2 Å². The van der Waals surface area contributed by atoms with Gasteiger partial charge in [-0.05, 0) is 43.5 Å². The van der Waals surface area contributed by atoms with Gasteiger partial charge in [-0.2, -0.15) is 0 Å². The Balaban J connectivity index is 2.14. The van der Waals surface area contributed by atoms with E-state index >= 15 is 0 Å². The standard InChI is InChI=1S/C16H23NO5S/c1-10-7-14(21-3)15(22-4)8-13(10)11(2)17-16(18)12-5-6-23(19,20)9-12/h7-8,11-12H,5-6,9H2,1-4H3,(H,17,18). The van der Waals surface area contributed by atoms with Crippen molar-refractivity contribution in [3.05, 3.63) is 23.3 Å². The maximum atomic E-state index is 12.3. The van der Waals surface area contributed by atoms with Crippen molar-refractivity contribution in [2.75, 3.05) is 25.7 Å². The second-order valence-corrected chi connectivity index (χ2v) is 8.12. The van der Waals surface area contributed by atoms with Crippen LogP contribution in [0.3, 0.4) is 0 Å². The number of aryl methyl sites for hydroxylation is 1. The monoisotopic (exact) mass is 341 g/mol. The van der Waals surface area contributed by atoms with E-state index in [9.17, 15) is 13.2 Å². The lowest BCUT2D eigenvalue weighted by molar-refractivity contribution is -0.124. The third kappa shape index (κ3) is 3.96. The lowest BCUT2D eigenvalue weighted by Gasteiger charge is -2.20. The van der Waals surface area contributed by atoms with E-state index in [1.807, 2.05) is 26.0 Å². The number of sulfone groups is 1. The molecule has 128 valence electrons. The van der Waals surface area contributed by atoms with Crippen LogP contribution in [0.4, 0.5) is 0 Å². The fraction of sp³-hybridized carbons (Fsp3) is 0.562. The van der Waals surface area contributed by atoms with Gasteiger partial charge in [0.1, 0.15) is 0 Å². The molecule has 1 N–H and O–H groups in total. The Labute approximate surface area is 137 Å². The summed E-state index contributed by atoms with van der Waals surface area (Å²) in [5, 5.41) is 2.91. The van der Waals surface area contributed by atoms with Crippen molar-refractivity contribution in [3.63, 3.8) is 0 Å². The van der Waals surface area contributed by atoms with Gasteiger partial charge in [0, 0.05) is 0 Å². The molecule has 0 spiro atoms. The molecule has 1 aromatic carbocycles. The molecular weight excluding hydrogens is 318 g/mol. The molecule has 1 fully saturated rings. The SMILES string of the molecule is COc1cc(C)c(C(C)NC(=O)C2CCS(=O)(=O)C2)cc1OC. The Morgan fingerprint density at radius 3 is 2.39 bits per heavy atom. The molecule has 7 heteroatoms. The first kappa shape index (κ1) is 17.6. The summed E-state index contributed by atoms with van der Waals surface area (Å²) in [6.07, 6.45) is 0.395. The minimum Gasteiger partial charge on any atom is -0.493 e. The molecule has 6 nitrogen and oxygen atoms in total. The highest BCUT2D eigenvalue weighted by atomic mass is 32.2. The van der Waals surface area contributed by atoms with Crippen molar-refractivity contribution >= 4 is 15.7 Å². The van der Waals surface area contributed by atoms with E-state index in [0.29, 0.717) is 17.9 Å². The molecular formula is C16H23NO5S. The van der Waals surface area contributed by atoms with Gasteiger partial charge in [-0.15, -0.1) is 0 Å². The molecule has 0 radical (unpaired) electrons. The molecule has 1 amide bonds. The zero-order chi connectivity index (χ0) is 17.2. The van der Waals surface area contributed by atoms with Crippen molar-refractivity contribution in [1.29, 1.82) is 0 Å². The summed E-state index contributed by atoms with van der Waals surface area (Å²) < 4.78 is 33.6. The Bertz CT molecular complexity index is 699. The highest BCUT2D eigenvalue weighted by Crippen LogP contribution is 2.33. The van der Waals surface area contributed by atoms with Gasteiger partial charge in [0.25, 0.3) is 0 Å². The topological polar surface area (TPSA) is 81.7 Å². The van der Waals surface area contributed by atoms with Gasteiger partial charge in [-0.3, -0.25) is 4.79 Å². The maximum absolute atomic E-state index is 12.3. The molecule has 0 aliphatic carbocycles. The molecule has 2 rings (SSSR count). The van der Waals surface area contributed by atoms with Gasteiger partial charge >= 0.3 is 0 Å². The zero-order valence-electron chi connectivity index (χ0n) is 13.9. The Kier molecular flexibility index (Phi) is 5.19. The second kappa shape index (κ2) is 6.78. The van der Waals surface area contributed by atoms with Gasteiger partial charge in [-0.1, -0.05) is 0 Å². The van der Waals surface area contributed by atoms with Crippen molar-refractivity contribution < 1.29 is 22.7 Å². The van der Waals surface area contributed by atoms with Gasteiger partial charge in [-0.25, -0.2) is 8.42 Å². The lowest BCUT2D eigenvalue weighted by atomic mass is 10.00. The van der Waals surface area contributed by atoms with Gasteiger partial charge in [0.05, 0.1) is 37.7 Å². The van der Waals surface area contributed by atoms with Crippen LogP contribution in [0.15, 0.2) is 12.1 Å². The minimum absolute atomic E-state index is 0.0591. The third-order valence-electron chi connectivity index (χ3n) is 4.20. The summed E-state index contributed by atoms with van der Waals surface area (Å²) in [4.78, 5) is 12.3. The quantitative estimate of drug-likeness (QED) is 0.880. The molecule has 1 aliphatic rings. The number of ether oxygens (including phenoxy) is 2. The normalized spacial score (nSPS) is 20.8. The molecule has 0 bridgehead atoms. The first-order valence-electron chi connectivity index (χ1n) is 7.50. The highest BCUT2D eigenvalue weighted by molar-refractivity contribution is 7.91. The maximum Gasteiger partial charge on any atom is 0.224 e. The van der Waals surface area contributed by atoms with Gasteiger partial charge in [0.15, 0.2) is 21.3 Å². The lowest BCUT2D eigenvalue weighted by Crippen LogP contribution is -2.33. The largest absolute Gasteiger partial charge is 0.493 e. The van der Waals surface area contributed by atoms with Crippen LogP contribution in [0, 0.1) is 12.8 Å². The van der Waals surface area contributed by atoms with Crippen LogP contribution in [-0.4, -0.2) is 40.1 Å². The molecule has 1 aliphatic heterocycles. The average molecular weight is 341 g/mol. The molecule has 1 heterocycles. The number of carbonyl (C=O) groups is 1. The van der Waals surface area contributed by atoms with Crippen LogP contribution in [-0.2, 0) is 14.6 Å². The molecule has 1 saturated heterocycles. The smallest absolute Gasteiger partial charge is 0.224 e. The number of methoxy groups -OCH3 is 2. The molecule has 0 saturated carbocycles. The van der Waals surface area contributed by atoms with Crippen molar-refractivity contribution in [3.8, 4) is 11.5 Å². The van der Waals surface area contributed by atoms with Crippen LogP contribution in [0.25, 0.3) is 0 Å². The minimum atomic E-state index is -3.07. The Hall–Kier alpha value is -1.76. The number of benzene rings is 1. The van der Waals surface area contributed by atoms with E-state index in [0.717, 1.165) is 11.1 Å². The molecule has 1 aromatic rings. The van der Waals surface area contributed by atoms with Gasteiger partial charge in [0.2, 0.25) is 5.91 Å². The van der Waals surface area contributed by atoms with Crippen molar-refractivity contribution in [2.24, 2.45) is 5.92 Å². The van der Waals surface area contributed by atoms with E-state index < -0.39 is 15.8 Å². The summed E-state index contributed by atoms with van der Waals surface area (Å²) >= 11 is 0. The number of carbonyl (C=O) groups excluding carboxylic acids is 1. The Morgan fingerprint density at radius 2 is 1.87 bits per heavy atom. The van der Waals surface area contributed by atoms with Crippen LogP contribution in [0.1, 0.15) is 30.5 Å². The number of hydrogen-bond donors (Lipinski definition) is 1. The number of rotatable bonds is 5. The van der Waals surface area contributed by atoms with E-state index in [1.165, 1.54) is 0 Å². The zero-order valence-corrected chi connectivity index (χ0v) is 14.7.